The van der Waals surface area contributed by atoms with Crippen molar-refractivity contribution in [3.8, 4) is 11.4 Å². The highest BCUT2D eigenvalue weighted by molar-refractivity contribution is 5.96. The van der Waals surface area contributed by atoms with Gasteiger partial charge in [0.1, 0.15) is 23.8 Å². The highest BCUT2D eigenvalue weighted by Gasteiger charge is 2.12. The number of hydrazone groups is 1. The third kappa shape index (κ3) is 4.90. The number of para-hydroxylation sites is 1. The molecule has 0 radical (unpaired) electrons. The van der Waals surface area contributed by atoms with Crippen LogP contribution in [-0.4, -0.2) is 16.7 Å². The van der Waals surface area contributed by atoms with Gasteiger partial charge < -0.3 is 13.7 Å². The predicted molar refractivity (Wildman–Crippen MR) is 137 cm³/mol. The second-order valence-corrected chi connectivity index (χ2v) is 8.42. The lowest BCUT2D eigenvalue weighted by molar-refractivity contribution is 0.0929. The third-order valence-electron chi connectivity index (χ3n) is 5.90. The first kappa shape index (κ1) is 23.1. The van der Waals surface area contributed by atoms with Crippen molar-refractivity contribution in [2.45, 2.75) is 20.5 Å². The maximum Gasteiger partial charge on any atom is 0.307 e. The minimum Gasteiger partial charge on any atom is -0.489 e. The molecule has 0 aliphatic rings. The van der Waals surface area contributed by atoms with E-state index in [-0.39, 0.29) is 11.6 Å². The number of hydrogen-bond acceptors (Lipinski definition) is 4. The number of hydrogen-bond donors (Lipinski definition) is 1. The second-order valence-electron chi connectivity index (χ2n) is 8.42. The van der Waals surface area contributed by atoms with Crippen LogP contribution in [0.5, 0.6) is 5.75 Å². The first-order valence-corrected chi connectivity index (χ1v) is 11.5. The summed E-state index contributed by atoms with van der Waals surface area (Å²) in [5.41, 5.74) is 7.95. The molecule has 5 rings (SSSR count). The van der Waals surface area contributed by atoms with Crippen molar-refractivity contribution < 1.29 is 18.3 Å². The summed E-state index contributed by atoms with van der Waals surface area (Å²) in [5.74, 6) is 0.257. The first-order chi connectivity index (χ1) is 17.5. The second kappa shape index (κ2) is 9.92. The summed E-state index contributed by atoms with van der Waals surface area (Å²) in [6.45, 7) is 4.37. The van der Waals surface area contributed by atoms with Gasteiger partial charge in [-0.1, -0.05) is 30.3 Å². The summed E-state index contributed by atoms with van der Waals surface area (Å²) >= 11 is 0. The molecule has 1 amide bonds. The van der Waals surface area contributed by atoms with Crippen LogP contribution < -0.4 is 10.2 Å². The van der Waals surface area contributed by atoms with Gasteiger partial charge in [-0.05, 0) is 74.0 Å². The van der Waals surface area contributed by atoms with Gasteiger partial charge in [0.2, 0.25) is 0 Å². The van der Waals surface area contributed by atoms with Crippen LogP contribution in [0.2, 0.25) is 0 Å². The monoisotopic (exact) mass is 481 g/mol. The molecule has 0 unspecified atom stereocenters. The number of halogens is 1. The maximum atomic E-state index is 13.1. The summed E-state index contributed by atoms with van der Waals surface area (Å²) < 4.78 is 26.6. The van der Waals surface area contributed by atoms with Crippen molar-refractivity contribution in [1.82, 2.24) is 9.99 Å². The van der Waals surface area contributed by atoms with E-state index in [1.165, 1.54) is 12.1 Å². The molecule has 0 spiro atoms. The van der Waals surface area contributed by atoms with E-state index in [4.69, 9.17) is 9.15 Å². The number of ether oxygens (including phenoxy) is 1. The summed E-state index contributed by atoms with van der Waals surface area (Å²) in [7, 11) is 0. The zero-order chi connectivity index (χ0) is 25.1. The molecule has 0 aliphatic carbocycles. The van der Waals surface area contributed by atoms with Crippen LogP contribution in [0, 0.1) is 19.7 Å². The highest BCUT2D eigenvalue weighted by Crippen LogP contribution is 2.23. The van der Waals surface area contributed by atoms with Gasteiger partial charge in [0.05, 0.1) is 6.21 Å². The Morgan fingerprint density at radius 3 is 2.53 bits per heavy atom. The molecular formula is C29H24FN3O3. The first-order valence-electron chi connectivity index (χ1n) is 11.5. The number of furan rings is 1. The fourth-order valence-corrected chi connectivity index (χ4v) is 4.06. The molecule has 0 saturated carbocycles. The summed E-state index contributed by atoms with van der Waals surface area (Å²) in [4.78, 5) is 12.4. The van der Waals surface area contributed by atoms with Gasteiger partial charge in [0.25, 0.3) is 0 Å². The van der Waals surface area contributed by atoms with Crippen LogP contribution in [0.3, 0.4) is 0 Å². The Morgan fingerprint density at radius 1 is 1.03 bits per heavy atom. The Balaban J connectivity index is 1.25. The van der Waals surface area contributed by atoms with E-state index in [1.807, 2.05) is 68.4 Å². The van der Waals surface area contributed by atoms with Crippen LogP contribution >= 0.6 is 0 Å². The van der Waals surface area contributed by atoms with Gasteiger partial charge in [0.15, 0.2) is 5.76 Å². The topological polar surface area (TPSA) is 68.8 Å². The molecular weight excluding hydrogens is 457 g/mol. The zero-order valence-electron chi connectivity index (χ0n) is 19.9. The number of amides is 1. The molecule has 1 N–H and O–H groups in total. The van der Waals surface area contributed by atoms with Crippen LogP contribution in [-0.2, 0) is 6.61 Å². The summed E-state index contributed by atoms with van der Waals surface area (Å²) in [5, 5.41) is 4.99. The molecule has 0 saturated heterocycles. The molecule has 0 aliphatic heterocycles. The average Bonchev–Trinajstić information content (AvgIpc) is 3.44. The molecule has 0 atom stereocenters. The molecule has 180 valence electrons. The SMILES string of the molecule is Cc1cc(/C=N/NC(=O)c2cc3ccccc3o2)c(C)n1-c1ccc(OCc2ccc(F)cc2)cc1. The number of nitrogens with one attached hydrogen (secondary N) is 1. The van der Waals surface area contributed by atoms with Crippen molar-refractivity contribution >= 4 is 23.1 Å². The molecule has 2 heterocycles. The predicted octanol–water partition coefficient (Wildman–Crippen LogP) is 6.32. The Bertz CT molecular complexity index is 1510. The summed E-state index contributed by atoms with van der Waals surface area (Å²) in [6.07, 6.45) is 1.62. The van der Waals surface area contributed by atoms with Gasteiger partial charge in [-0.25, -0.2) is 9.82 Å². The molecule has 7 heteroatoms. The van der Waals surface area contributed by atoms with Crippen molar-refractivity contribution in [3.63, 3.8) is 0 Å². The number of fused-ring (bicyclic) bond motifs is 1. The summed E-state index contributed by atoms with van der Waals surface area (Å²) in [6, 6.07) is 25.2. The Hall–Kier alpha value is -4.65. The number of carbonyl (C=O) groups is 1. The molecule has 0 fully saturated rings. The number of aromatic nitrogens is 1. The van der Waals surface area contributed by atoms with E-state index >= 15 is 0 Å². The van der Waals surface area contributed by atoms with Crippen LogP contribution in [0.25, 0.3) is 16.7 Å². The van der Waals surface area contributed by atoms with Crippen molar-refractivity contribution in [1.29, 1.82) is 0 Å². The van der Waals surface area contributed by atoms with Gasteiger partial charge in [-0.15, -0.1) is 0 Å². The van der Waals surface area contributed by atoms with Crippen LogP contribution in [0.4, 0.5) is 4.39 Å². The Labute approximate surface area is 207 Å². The fraction of sp³-hybridized carbons (Fsp3) is 0.103. The van der Waals surface area contributed by atoms with Crippen LogP contribution in [0.1, 0.15) is 33.1 Å². The van der Waals surface area contributed by atoms with Crippen molar-refractivity contribution in [3.05, 3.63) is 119 Å². The van der Waals surface area contributed by atoms with Crippen LogP contribution in [0.15, 0.2) is 94.4 Å². The lowest BCUT2D eigenvalue weighted by Gasteiger charge is -2.11. The number of nitrogens with zero attached hydrogens (tertiary/aromatic N) is 2. The number of carbonyl (C=O) groups excluding carboxylic acids is 1. The van der Waals surface area contributed by atoms with E-state index < -0.39 is 5.91 Å². The molecule has 2 aromatic heterocycles. The van der Waals surface area contributed by atoms with Crippen molar-refractivity contribution in [2.75, 3.05) is 0 Å². The van der Waals surface area contributed by atoms with E-state index in [0.29, 0.717) is 12.2 Å². The quantitative estimate of drug-likeness (QED) is 0.218. The smallest absolute Gasteiger partial charge is 0.307 e. The highest BCUT2D eigenvalue weighted by atomic mass is 19.1. The van der Waals surface area contributed by atoms with Gasteiger partial charge in [-0.2, -0.15) is 5.10 Å². The fourth-order valence-electron chi connectivity index (χ4n) is 4.06. The van der Waals surface area contributed by atoms with Gasteiger partial charge >= 0.3 is 5.91 Å². The van der Waals surface area contributed by atoms with E-state index in [2.05, 4.69) is 15.1 Å². The number of rotatable bonds is 7. The van der Waals surface area contributed by atoms with Gasteiger partial charge in [0, 0.05) is 28.0 Å². The average molecular weight is 482 g/mol. The zero-order valence-corrected chi connectivity index (χ0v) is 19.9. The van der Waals surface area contributed by atoms with Crippen molar-refractivity contribution in [2.24, 2.45) is 5.10 Å². The molecule has 6 nitrogen and oxygen atoms in total. The Morgan fingerprint density at radius 2 is 1.78 bits per heavy atom. The molecule has 3 aromatic carbocycles. The Kier molecular flexibility index (Phi) is 6.36. The standard InChI is InChI=1S/C29H24FN3O3/c1-19-15-23(17-31-32-29(34)28-16-22-5-3-4-6-27(22)36-28)20(2)33(19)25-11-13-26(14-12-25)35-18-21-7-9-24(30)10-8-21/h3-17H,18H2,1-2H3,(H,32,34)/b31-17+. The molecule has 5 aromatic rings. The van der Waals surface area contributed by atoms with Gasteiger partial charge in [-0.3, -0.25) is 4.79 Å². The lowest BCUT2D eigenvalue weighted by atomic mass is 10.2. The molecule has 36 heavy (non-hydrogen) atoms. The largest absolute Gasteiger partial charge is 0.489 e. The van der Waals surface area contributed by atoms with E-state index in [9.17, 15) is 9.18 Å². The van der Waals surface area contributed by atoms with E-state index in [0.717, 1.165) is 39.3 Å². The van der Waals surface area contributed by atoms with E-state index in [1.54, 1.807) is 24.4 Å². The third-order valence-corrected chi connectivity index (χ3v) is 5.90. The maximum absolute atomic E-state index is 13.1. The normalized spacial score (nSPS) is 11.3. The minimum absolute atomic E-state index is 0.209. The lowest BCUT2D eigenvalue weighted by Crippen LogP contribution is -2.16. The number of aryl methyl sites for hydroxylation is 1. The molecule has 0 bridgehead atoms. The number of benzene rings is 3. The minimum atomic E-state index is -0.410.